The van der Waals surface area contributed by atoms with E-state index in [2.05, 4.69) is 46.1 Å². The van der Waals surface area contributed by atoms with Gasteiger partial charge in [0, 0.05) is 23.0 Å². The van der Waals surface area contributed by atoms with Gasteiger partial charge < -0.3 is 15.4 Å². The summed E-state index contributed by atoms with van der Waals surface area (Å²) in [5, 5.41) is 6.47. The molecular weight excluding hydrogens is 292 g/mol. The fourth-order valence-corrected chi connectivity index (χ4v) is 2.01. The van der Waals surface area contributed by atoms with Gasteiger partial charge in [-0.2, -0.15) is 4.98 Å². The topological polar surface area (TPSA) is 76.1 Å². The Morgan fingerprint density at radius 2 is 1.78 bits per heavy atom. The summed E-state index contributed by atoms with van der Waals surface area (Å²) < 4.78 is 4.68. The normalized spacial score (nSPS) is 11.0. The molecular formula is C17H22N4O2. The summed E-state index contributed by atoms with van der Waals surface area (Å²) in [6.07, 6.45) is 0. The molecule has 6 nitrogen and oxygen atoms in total. The molecule has 0 bridgehead atoms. The quantitative estimate of drug-likeness (QED) is 0.841. The van der Waals surface area contributed by atoms with Crippen LogP contribution in [-0.4, -0.2) is 28.6 Å². The number of aryl methyl sites for hydroxylation is 1. The average molecular weight is 314 g/mol. The fraction of sp³-hybridized carbons (Fsp3) is 0.353. The van der Waals surface area contributed by atoms with Gasteiger partial charge in [0.15, 0.2) is 0 Å². The number of nitrogens with zero attached hydrogens (tertiary/aromatic N) is 2. The Morgan fingerprint density at radius 3 is 2.35 bits per heavy atom. The van der Waals surface area contributed by atoms with Crippen molar-refractivity contribution in [1.82, 2.24) is 9.97 Å². The van der Waals surface area contributed by atoms with E-state index in [-0.39, 0.29) is 11.5 Å². The van der Waals surface area contributed by atoms with Gasteiger partial charge in [-0.05, 0) is 52.0 Å². The molecule has 1 heterocycles. The lowest BCUT2D eigenvalue weighted by atomic mass is 10.1. The number of carbonyl (C=O) groups excluding carboxylic acids is 1. The van der Waals surface area contributed by atoms with Crippen molar-refractivity contribution in [2.45, 2.75) is 33.2 Å². The van der Waals surface area contributed by atoms with Gasteiger partial charge in [-0.3, -0.25) is 0 Å². The standard InChI is InChI=1S/C17H22N4O2/c1-11-10-14(21-17(2,3)4)20-16(18-11)19-13-8-6-12(7-9-13)15(22)23-5/h6-10H,1-5H3,(H2,18,19,20,21). The van der Waals surface area contributed by atoms with Crippen LogP contribution in [-0.2, 0) is 4.74 Å². The molecule has 0 saturated heterocycles. The lowest BCUT2D eigenvalue weighted by molar-refractivity contribution is 0.0601. The van der Waals surface area contributed by atoms with Crippen LogP contribution in [0.25, 0.3) is 0 Å². The Bertz CT molecular complexity index is 691. The van der Waals surface area contributed by atoms with Crippen LogP contribution >= 0.6 is 0 Å². The maximum atomic E-state index is 11.4. The number of carbonyl (C=O) groups is 1. The van der Waals surface area contributed by atoms with Crippen LogP contribution in [0.3, 0.4) is 0 Å². The van der Waals surface area contributed by atoms with E-state index < -0.39 is 0 Å². The van der Waals surface area contributed by atoms with Gasteiger partial charge in [0.2, 0.25) is 5.95 Å². The summed E-state index contributed by atoms with van der Waals surface area (Å²) in [6.45, 7) is 8.14. The molecule has 1 aromatic carbocycles. The van der Waals surface area contributed by atoms with E-state index in [1.807, 2.05) is 13.0 Å². The number of aromatic nitrogens is 2. The molecule has 1 aromatic heterocycles. The maximum absolute atomic E-state index is 11.4. The molecule has 122 valence electrons. The van der Waals surface area contributed by atoms with Crippen molar-refractivity contribution in [2.75, 3.05) is 17.7 Å². The molecule has 0 aliphatic heterocycles. The van der Waals surface area contributed by atoms with Gasteiger partial charge in [-0.25, -0.2) is 9.78 Å². The monoisotopic (exact) mass is 314 g/mol. The van der Waals surface area contributed by atoms with Crippen LogP contribution in [0, 0.1) is 6.92 Å². The van der Waals surface area contributed by atoms with E-state index in [1.54, 1.807) is 24.3 Å². The Balaban J connectivity index is 2.18. The van der Waals surface area contributed by atoms with Gasteiger partial charge in [0.1, 0.15) is 5.82 Å². The highest BCUT2D eigenvalue weighted by atomic mass is 16.5. The fourth-order valence-electron chi connectivity index (χ4n) is 2.01. The summed E-state index contributed by atoms with van der Waals surface area (Å²) in [5.41, 5.74) is 2.07. The third-order valence-electron chi connectivity index (χ3n) is 2.92. The summed E-state index contributed by atoms with van der Waals surface area (Å²) >= 11 is 0. The summed E-state index contributed by atoms with van der Waals surface area (Å²) in [7, 11) is 1.36. The lowest BCUT2D eigenvalue weighted by Crippen LogP contribution is -2.27. The van der Waals surface area contributed by atoms with E-state index in [0.29, 0.717) is 11.5 Å². The zero-order valence-corrected chi connectivity index (χ0v) is 14.1. The highest BCUT2D eigenvalue weighted by Crippen LogP contribution is 2.19. The molecule has 2 N–H and O–H groups in total. The van der Waals surface area contributed by atoms with Crippen molar-refractivity contribution in [3.63, 3.8) is 0 Å². The van der Waals surface area contributed by atoms with E-state index in [1.165, 1.54) is 7.11 Å². The third kappa shape index (κ3) is 4.95. The zero-order chi connectivity index (χ0) is 17.0. The molecule has 0 aliphatic carbocycles. The van der Waals surface area contributed by atoms with Gasteiger partial charge in [-0.1, -0.05) is 0 Å². The number of hydrogen-bond donors (Lipinski definition) is 2. The van der Waals surface area contributed by atoms with Crippen molar-refractivity contribution in [3.05, 3.63) is 41.6 Å². The molecule has 0 aliphatic rings. The SMILES string of the molecule is COC(=O)c1ccc(Nc2nc(C)cc(NC(C)(C)C)n2)cc1. The predicted molar refractivity (Wildman–Crippen MR) is 91.2 cm³/mol. The van der Waals surface area contributed by atoms with Crippen molar-refractivity contribution in [2.24, 2.45) is 0 Å². The molecule has 2 rings (SSSR count). The van der Waals surface area contributed by atoms with E-state index >= 15 is 0 Å². The molecule has 0 spiro atoms. The highest BCUT2D eigenvalue weighted by molar-refractivity contribution is 5.89. The highest BCUT2D eigenvalue weighted by Gasteiger charge is 2.12. The Labute approximate surface area is 136 Å². The zero-order valence-electron chi connectivity index (χ0n) is 14.1. The number of nitrogens with one attached hydrogen (secondary N) is 2. The van der Waals surface area contributed by atoms with Crippen LogP contribution < -0.4 is 10.6 Å². The first-order valence-electron chi connectivity index (χ1n) is 7.36. The molecule has 0 radical (unpaired) electrons. The molecule has 0 atom stereocenters. The first-order chi connectivity index (χ1) is 10.8. The number of hydrogen-bond acceptors (Lipinski definition) is 6. The van der Waals surface area contributed by atoms with Gasteiger partial charge in [-0.15, -0.1) is 0 Å². The number of rotatable bonds is 4. The Kier molecular flexibility index (Phi) is 4.83. The van der Waals surface area contributed by atoms with Crippen molar-refractivity contribution in [3.8, 4) is 0 Å². The van der Waals surface area contributed by atoms with Crippen LogP contribution in [0.4, 0.5) is 17.5 Å². The second-order valence-electron chi connectivity index (χ2n) is 6.29. The number of benzene rings is 1. The molecule has 0 saturated carbocycles. The number of methoxy groups -OCH3 is 1. The first-order valence-corrected chi connectivity index (χ1v) is 7.36. The Hall–Kier alpha value is -2.63. The van der Waals surface area contributed by atoms with Crippen molar-refractivity contribution in [1.29, 1.82) is 0 Å². The minimum absolute atomic E-state index is 0.0831. The smallest absolute Gasteiger partial charge is 0.337 e. The van der Waals surface area contributed by atoms with Crippen LogP contribution in [0.5, 0.6) is 0 Å². The van der Waals surface area contributed by atoms with Gasteiger partial charge in [0.05, 0.1) is 12.7 Å². The molecule has 6 heteroatoms. The van der Waals surface area contributed by atoms with Gasteiger partial charge in [0.25, 0.3) is 0 Å². The van der Waals surface area contributed by atoms with E-state index in [9.17, 15) is 4.79 Å². The van der Waals surface area contributed by atoms with E-state index in [0.717, 1.165) is 17.2 Å². The van der Waals surface area contributed by atoms with Crippen LogP contribution in [0.15, 0.2) is 30.3 Å². The predicted octanol–water partition coefficient (Wildman–Crippen LogP) is 3.53. The largest absolute Gasteiger partial charge is 0.465 e. The van der Waals surface area contributed by atoms with Crippen LogP contribution in [0.1, 0.15) is 36.8 Å². The number of esters is 1. The van der Waals surface area contributed by atoms with Crippen molar-refractivity contribution < 1.29 is 9.53 Å². The van der Waals surface area contributed by atoms with E-state index in [4.69, 9.17) is 0 Å². The summed E-state index contributed by atoms with van der Waals surface area (Å²) in [5.74, 6) is 0.904. The molecule has 2 aromatic rings. The second kappa shape index (κ2) is 6.64. The lowest BCUT2D eigenvalue weighted by Gasteiger charge is -2.21. The molecule has 0 unspecified atom stereocenters. The molecule has 0 fully saturated rings. The Morgan fingerprint density at radius 1 is 1.13 bits per heavy atom. The first kappa shape index (κ1) is 16.7. The number of anilines is 3. The van der Waals surface area contributed by atoms with Crippen molar-refractivity contribution >= 4 is 23.4 Å². The third-order valence-corrected chi connectivity index (χ3v) is 2.92. The maximum Gasteiger partial charge on any atom is 0.337 e. The van der Waals surface area contributed by atoms with Crippen LogP contribution in [0.2, 0.25) is 0 Å². The minimum Gasteiger partial charge on any atom is -0.465 e. The minimum atomic E-state index is -0.361. The summed E-state index contributed by atoms with van der Waals surface area (Å²) in [6, 6.07) is 8.86. The molecule has 23 heavy (non-hydrogen) atoms. The summed E-state index contributed by atoms with van der Waals surface area (Å²) in [4.78, 5) is 20.3. The second-order valence-corrected chi connectivity index (χ2v) is 6.29. The average Bonchev–Trinajstić information content (AvgIpc) is 2.44. The number of ether oxygens (including phenoxy) is 1. The molecule has 0 amide bonds. The van der Waals surface area contributed by atoms with Gasteiger partial charge >= 0.3 is 5.97 Å².